The van der Waals surface area contributed by atoms with Crippen LogP contribution in [0.1, 0.15) is 55.5 Å². The van der Waals surface area contributed by atoms with Crippen LogP contribution in [0, 0.1) is 13.8 Å². The Balaban J connectivity index is 0.00000300. The first-order valence-corrected chi connectivity index (χ1v) is 10.8. The molecule has 1 unspecified atom stereocenters. The van der Waals surface area contributed by atoms with Crippen LogP contribution in [0.2, 0.25) is 0 Å². The molecule has 1 N–H and O–H groups in total. The zero-order valence-corrected chi connectivity index (χ0v) is 20.4. The topological polar surface area (TPSA) is 72.1 Å². The van der Waals surface area contributed by atoms with Gasteiger partial charge in [0.1, 0.15) is 5.76 Å². The number of ether oxygens (including phenoxy) is 2. The molecular weight excluding hydrogens is 483 g/mol. The van der Waals surface area contributed by atoms with E-state index in [2.05, 4.69) is 20.4 Å². The largest absolute Gasteiger partial charge is 0.376 e. The molecule has 8 heteroatoms. The lowest BCUT2D eigenvalue weighted by Crippen LogP contribution is -2.47. The lowest BCUT2D eigenvalue weighted by atomic mass is 10.1. The van der Waals surface area contributed by atoms with Crippen molar-refractivity contribution >= 4 is 29.9 Å². The molecule has 3 rings (SSSR count). The molecule has 0 bridgehead atoms. The maximum absolute atomic E-state index is 6.12. The lowest BCUT2D eigenvalue weighted by Gasteiger charge is -2.35. The molecule has 0 radical (unpaired) electrons. The summed E-state index contributed by atoms with van der Waals surface area (Å²) >= 11 is 0. The van der Waals surface area contributed by atoms with Crippen molar-refractivity contribution in [2.75, 3.05) is 39.9 Å². The second-order valence-electron chi connectivity index (χ2n) is 7.89. The van der Waals surface area contributed by atoms with Crippen molar-refractivity contribution in [2.24, 2.45) is 4.99 Å². The summed E-state index contributed by atoms with van der Waals surface area (Å²) < 4.78 is 17.1. The van der Waals surface area contributed by atoms with Gasteiger partial charge in [-0.15, -0.1) is 24.0 Å². The Labute approximate surface area is 192 Å². The number of rotatable bonds is 7. The van der Waals surface area contributed by atoms with E-state index in [0.29, 0.717) is 12.2 Å². The van der Waals surface area contributed by atoms with Crippen LogP contribution in [0.3, 0.4) is 0 Å². The minimum atomic E-state index is 0. The van der Waals surface area contributed by atoms with Crippen LogP contribution in [0.25, 0.3) is 0 Å². The Hall–Kier alpha value is -0.870. The highest BCUT2D eigenvalue weighted by Crippen LogP contribution is 2.18. The fraction of sp³-hybridized carbons (Fsp3) is 0.810. The third-order valence-electron chi connectivity index (χ3n) is 5.81. The van der Waals surface area contributed by atoms with Crippen molar-refractivity contribution in [1.82, 2.24) is 15.4 Å². The molecule has 0 amide bonds. The first kappa shape index (κ1) is 24.4. The van der Waals surface area contributed by atoms with Gasteiger partial charge in [-0.25, -0.2) is 0 Å². The number of halogens is 1. The van der Waals surface area contributed by atoms with E-state index in [0.717, 1.165) is 82.4 Å². The molecule has 1 aromatic rings. The van der Waals surface area contributed by atoms with E-state index in [9.17, 15) is 0 Å². The fourth-order valence-electron chi connectivity index (χ4n) is 4.07. The van der Waals surface area contributed by atoms with E-state index < -0.39 is 0 Å². The van der Waals surface area contributed by atoms with Crippen LogP contribution >= 0.6 is 24.0 Å². The third kappa shape index (κ3) is 7.40. The van der Waals surface area contributed by atoms with Crippen LogP contribution in [0.5, 0.6) is 0 Å². The number of likely N-dealkylation sites (tertiary alicyclic amines) is 1. The molecular formula is C21H37IN4O3. The van der Waals surface area contributed by atoms with Gasteiger partial charge >= 0.3 is 0 Å². The Kier molecular flexibility index (Phi) is 10.7. The van der Waals surface area contributed by atoms with Gasteiger partial charge in [-0.05, 0) is 58.8 Å². The molecule has 7 nitrogen and oxygen atoms in total. The van der Waals surface area contributed by atoms with Crippen molar-refractivity contribution in [3.05, 3.63) is 17.0 Å². The van der Waals surface area contributed by atoms with Crippen molar-refractivity contribution < 1.29 is 14.0 Å². The summed E-state index contributed by atoms with van der Waals surface area (Å²) in [6.45, 7) is 8.49. The van der Waals surface area contributed by atoms with E-state index in [1.165, 1.54) is 18.4 Å². The zero-order valence-electron chi connectivity index (χ0n) is 18.1. The van der Waals surface area contributed by atoms with Gasteiger partial charge < -0.3 is 24.2 Å². The van der Waals surface area contributed by atoms with Gasteiger partial charge in [0.2, 0.25) is 0 Å². The summed E-state index contributed by atoms with van der Waals surface area (Å²) in [5, 5.41) is 7.53. The number of guanidine groups is 1. The molecule has 2 fully saturated rings. The number of aryl methyl sites for hydroxylation is 2. The summed E-state index contributed by atoms with van der Waals surface area (Å²) in [5.74, 6) is 1.93. The average Bonchev–Trinajstić information content (AvgIpc) is 3.05. The average molecular weight is 520 g/mol. The van der Waals surface area contributed by atoms with Gasteiger partial charge in [0.15, 0.2) is 5.96 Å². The van der Waals surface area contributed by atoms with Crippen LogP contribution in [0.15, 0.2) is 9.52 Å². The van der Waals surface area contributed by atoms with Crippen molar-refractivity contribution in [1.29, 1.82) is 0 Å². The maximum Gasteiger partial charge on any atom is 0.193 e. The number of piperidine rings is 1. The Bertz CT molecular complexity index is 604. The van der Waals surface area contributed by atoms with Crippen LogP contribution in [-0.4, -0.2) is 68.1 Å². The molecule has 3 heterocycles. The molecule has 166 valence electrons. The summed E-state index contributed by atoms with van der Waals surface area (Å²) in [5.41, 5.74) is 2.24. The number of aliphatic imine (C=N–C) groups is 1. The molecule has 0 aromatic carbocycles. The summed E-state index contributed by atoms with van der Waals surface area (Å²) in [4.78, 5) is 6.81. The van der Waals surface area contributed by atoms with E-state index in [-0.39, 0.29) is 24.0 Å². The summed E-state index contributed by atoms with van der Waals surface area (Å²) in [6.07, 6.45) is 8.36. The monoisotopic (exact) mass is 520 g/mol. The fourth-order valence-corrected chi connectivity index (χ4v) is 4.07. The molecule has 2 saturated heterocycles. The van der Waals surface area contributed by atoms with Gasteiger partial charge in [0, 0.05) is 38.9 Å². The number of nitrogens with one attached hydrogen (secondary N) is 1. The van der Waals surface area contributed by atoms with Gasteiger partial charge in [-0.2, -0.15) is 0 Å². The molecule has 0 saturated carbocycles. The molecule has 0 aliphatic carbocycles. The highest BCUT2D eigenvalue weighted by molar-refractivity contribution is 14.0. The number of hydrogen-bond acceptors (Lipinski definition) is 5. The van der Waals surface area contributed by atoms with Crippen LogP contribution in [-0.2, 0) is 15.9 Å². The normalized spacial score (nSPS) is 21.1. The molecule has 0 spiro atoms. The van der Waals surface area contributed by atoms with Gasteiger partial charge in [-0.3, -0.25) is 4.99 Å². The lowest BCUT2D eigenvalue weighted by molar-refractivity contribution is -0.0721. The number of aromatic nitrogens is 1. The molecule has 1 atom stereocenters. The zero-order chi connectivity index (χ0) is 19.8. The number of hydrogen-bond donors (Lipinski definition) is 1. The first-order chi connectivity index (χ1) is 13.7. The predicted octanol–water partition coefficient (Wildman–Crippen LogP) is 3.47. The second kappa shape index (κ2) is 12.7. The van der Waals surface area contributed by atoms with E-state index in [4.69, 9.17) is 14.0 Å². The minimum Gasteiger partial charge on any atom is -0.376 e. The summed E-state index contributed by atoms with van der Waals surface area (Å²) in [7, 11) is 1.86. The van der Waals surface area contributed by atoms with Crippen molar-refractivity contribution in [3.8, 4) is 0 Å². The third-order valence-corrected chi connectivity index (χ3v) is 5.81. The van der Waals surface area contributed by atoms with Gasteiger partial charge in [0.25, 0.3) is 0 Å². The molecule has 2 aliphatic heterocycles. The standard InChI is InChI=1S/C21H36N4O3.HI/c1-16-20(17(2)28-24-16)8-6-11-23-21(22-3)25-12-9-18(10-13-25)27-15-19-7-4-5-14-26-19;/h18-19H,4-15H2,1-3H3,(H,22,23);1H. The quantitative estimate of drug-likeness (QED) is 0.257. The van der Waals surface area contributed by atoms with Gasteiger partial charge in [0.05, 0.1) is 24.5 Å². The van der Waals surface area contributed by atoms with Crippen LogP contribution in [0.4, 0.5) is 0 Å². The van der Waals surface area contributed by atoms with E-state index in [1.54, 1.807) is 0 Å². The smallest absolute Gasteiger partial charge is 0.193 e. The van der Waals surface area contributed by atoms with Crippen LogP contribution < -0.4 is 5.32 Å². The van der Waals surface area contributed by atoms with E-state index >= 15 is 0 Å². The minimum absolute atomic E-state index is 0. The molecule has 2 aliphatic rings. The Morgan fingerprint density at radius 1 is 1.24 bits per heavy atom. The maximum atomic E-state index is 6.12. The van der Waals surface area contributed by atoms with Gasteiger partial charge in [-0.1, -0.05) is 5.16 Å². The van der Waals surface area contributed by atoms with E-state index in [1.807, 2.05) is 20.9 Å². The molecule has 1 aromatic heterocycles. The molecule has 29 heavy (non-hydrogen) atoms. The SMILES string of the molecule is CN=C(NCCCc1c(C)noc1C)N1CCC(OCC2CCCCO2)CC1.I. The Morgan fingerprint density at radius 3 is 2.66 bits per heavy atom. The predicted molar refractivity (Wildman–Crippen MR) is 125 cm³/mol. The first-order valence-electron chi connectivity index (χ1n) is 10.8. The van der Waals surface area contributed by atoms with Crippen molar-refractivity contribution in [2.45, 2.75) is 71.0 Å². The number of nitrogens with zero attached hydrogens (tertiary/aromatic N) is 3. The highest BCUT2D eigenvalue weighted by atomic mass is 127. The second-order valence-corrected chi connectivity index (χ2v) is 7.89. The summed E-state index contributed by atoms with van der Waals surface area (Å²) in [6, 6.07) is 0. The van der Waals surface area contributed by atoms with Crippen molar-refractivity contribution in [3.63, 3.8) is 0 Å². The highest BCUT2D eigenvalue weighted by Gasteiger charge is 2.23. The Morgan fingerprint density at radius 2 is 2.03 bits per heavy atom.